The largest absolute Gasteiger partial charge is 0.456 e. The molecule has 2 heteroatoms. The Morgan fingerprint density at radius 3 is 1.60 bits per heavy atom. The third-order valence-electron chi connectivity index (χ3n) is 13.9. The number of hydrogen-bond acceptors (Lipinski definition) is 2. The predicted molar refractivity (Wildman–Crippen MR) is 280 cm³/mol. The summed E-state index contributed by atoms with van der Waals surface area (Å²) in [5, 5.41) is 4.70. The molecule has 314 valence electrons. The number of fused-ring (bicyclic) bond motifs is 7. The molecule has 0 N–H and O–H groups in total. The lowest BCUT2D eigenvalue weighted by molar-refractivity contribution is 0.669. The Balaban J connectivity index is 0.919. The molecule has 0 bridgehead atoms. The molecular formula is C65H43NO. The van der Waals surface area contributed by atoms with Gasteiger partial charge < -0.3 is 9.32 Å². The van der Waals surface area contributed by atoms with Crippen molar-refractivity contribution >= 4 is 49.8 Å². The van der Waals surface area contributed by atoms with Gasteiger partial charge in [0.25, 0.3) is 0 Å². The second-order valence-corrected chi connectivity index (χ2v) is 17.6. The van der Waals surface area contributed by atoms with Gasteiger partial charge >= 0.3 is 0 Å². The summed E-state index contributed by atoms with van der Waals surface area (Å²) < 4.78 is 6.30. The maximum Gasteiger partial charge on any atom is 0.135 e. The number of furan rings is 1. The summed E-state index contributed by atoms with van der Waals surface area (Å²) in [6.45, 7) is 0. The second-order valence-electron chi connectivity index (χ2n) is 17.6. The zero-order valence-corrected chi connectivity index (χ0v) is 36.7. The van der Waals surface area contributed by atoms with Crippen molar-refractivity contribution in [2.45, 2.75) is 5.41 Å². The van der Waals surface area contributed by atoms with Gasteiger partial charge in [0.15, 0.2) is 0 Å². The molecule has 1 aliphatic rings. The van der Waals surface area contributed by atoms with Crippen LogP contribution in [-0.2, 0) is 5.41 Å². The van der Waals surface area contributed by atoms with Crippen LogP contribution < -0.4 is 4.90 Å². The maximum atomic E-state index is 6.30. The third kappa shape index (κ3) is 6.33. The van der Waals surface area contributed by atoms with E-state index in [1.807, 2.05) is 12.1 Å². The Morgan fingerprint density at radius 1 is 0.299 bits per heavy atom. The van der Waals surface area contributed by atoms with Crippen LogP contribution in [-0.4, -0.2) is 0 Å². The molecule has 1 aliphatic carbocycles. The van der Waals surface area contributed by atoms with E-state index >= 15 is 0 Å². The number of rotatable bonds is 8. The van der Waals surface area contributed by atoms with Gasteiger partial charge in [0.2, 0.25) is 0 Å². The van der Waals surface area contributed by atoms with E-state index in [0.29, 0.717) is 0 Å². The van der Waals surface area contributed by atoms with Crippen LogP contribution in [0.2, 0.25) is 0 Å². The third-order valence-corrected chi connectivity index (χ3v) is 13.9. The average Bonchev–Trinajstić information content (AvgIpc) is 3.93. The van der Waals surface area contributed by atoms with Crippen LogP contribution in [0, 0.1) is 0 Å². The van der Waals surface area contributed by atoms with Gasteiger partial charge in [0.05, 0.1) is 5.41 Å². The SMILES string of the molecule is c1ccc(C2(c3ccccc3)c3ccccc3-c3c(-c4ccc(N(c5ccc(-c6cccc(-c7ccc8ccccc8c7)c6)cc5)c5ccc6oc7ccccc7c6c5)cc4)cccc32)cc1. The Bertz CT molecular complexity index is 3750. The average molecular weight is 854 g/mol. The van der Waals surface area contributed by atoms with Crippen molar-refractivity contribution in [1.29, 1.82) is 0 Å². The quantitative estimate of drug-likeness (QED) is 0.151. The highest BCUT2D eigenvalue weighted by atomic mass is 16.3. The molecule has 0 fully saturated rings. The number of hydrogen-bond donors (Lipinski definition) is 0. The standard InChI is InChI=1S/C65H43NO/c1-3-19-51(20-4-1)65(52-21-5-2-6-22-52)60-26-11-9-24-58(60)64-56(25-14-27-61(64)65)46-33-37-54(38-34-46)66(55-39-40-63-59(43-55)57-23-10-12-28-62(57)67-63)53-35-31-45(32-36-53)48-17-13-18-49(41-48)50-30-29-44-15-7-8-16-47(44)42-50/h1-43H. The Morgan fingerprint density at radius 2 is 0.836 bits per heavy atom. The molecule has 0 aliphatic heterocycles. The van der Waals surface area contributed by atoms with E-state index in [1.165, 1.54) is 77.5 Å². The van der Waals surface area contributed by atoms with E-state index in [1.54, 1.807) is 0 Å². The molecule has 1 aromatic heterocycles. The first-order chi connectivity index (χ1) is 33.2. The van der Waals surface area contributed by atoms with Gasteiger partial charge in [-0.05, 0) is 138 Å². The highest BCUT2D eigenvalue weighted by molar-refractivity contribution is 6.06. The van der Waals surface area contributed by atoms with Crippen LogP contribution in [0.1, 0.15) is 22.3 Å². The van der Waals surface area contributed by atoms with Crippen molar-refractivity contribution in [3.05, 3.63) is 283 Å². The molecule has 11 aromatic carbocycles. The summed E-state index contributed by atoms with van der Waals surface area (Å²) >= 11 is 0. The van der Waals surface area contributed by atoms with Crippen LogP contribution in [0.15, 0.2) is 265 Å². The Labute approximate surface area is 390 Å². The first-order valence-electron chi connectivity index (χ1n) is 23.1. The lowest BCUT2D eigenvalue weighted by atomic mass is 9.67. The Hall–Kier alpha value is -8.72. The van der Waals surface area contributed by atoms with Gasteiger partial charge in [-0.25, -0.2) is 0 Å². The van der Waals surface area contributed by atoms with E-state index in [4.69, 9.17) is 4.42 Å². The van der Waals surface area contributed by atoms with Crippen molar-refractivity contribution in [2.75, 3.05) is 4.90 Å². The first-order valence-corrected chi connectivity index (χ1v) is 23.1. The summed E-state index contributed by atoms with van der Waals surface area (Å²) in [7, 11) is 0. The van der Waals surface area contributed by atoms with Gasteiger partial charge in [-0.3, -0.25) is 0 Å². The van der Waals surface area contributed by atoms with Gasteiger partial charge in [0.1, 0.15) is 11.2 Å². The van der Waals surface area contributed by atoms with Crippen molar-refractivity contribution in [3.63, 3.8) is 0 Å². The van der Waals surface area contributed by atoms with Crippen molar-refractivity contribution in [2.24, 2.45) is 0 Å². The van der Waals surface area contributed by atoms with Gasteiger partial charge in [-0.1, -0.05) is 200 Å². The summed E-state index contributed by atoms with van der Waals surface area (Å²) in [5.74, 6) is 0. The molecule has 67 heavy (non-hydrogen) atoms. The molecule has 2 nitrogen and oxygen atoms in total. The van der Waals surface area contributed by atoms with Crippen LogP contribution in [0.3, 0.4) is 0 Å². The first kappa shape index (κ1) is 38.7. The van der Waals surface area contributed by atoms with E-state index in [0.717, 1.165) is 39.0 Å². The van der Waals surface area contributed by atoms with E-state index in [2.05, 4.69) is 254 Å². The summed E-state index contributed by atoms with van der Waals surface area (Å²) in [6, 6.07) is 95.0. The zero-order chi connectivity index (χ0) is 44.3. The minimum atomic E-state index is -0.457. The Kier molecular flexibility index (Phi) is 9.11. The van der Waals surface area contributed by atoms with Crippen LogP contribution >= 0.6 is 0 Å². The minimum absolute atomic E-state index is 0.457. The lowest BCUT2D eigenvalue weighted by Gasteiger charge is -2.34. The monoisotopic (exact) mass is 853 g/mol. The molecule has 1 heterocycles. The maximum absolute atomic E-state index is 6.30. The molecule has 12 aromatic rings. The zero-order valence-electron chi connectivity index (χ0n) is 36.7. The number of para-hydroxylation sites is 1. The molecule has 0 saturated heterocycles. The fourth-order valence-electron chi connectivity index (χ4n) is 10.9. The number of nitrogens with zero attached hydrogens (tertiary/aromatic N) is 1. The van der Waals surface area contributed by atoms with Gasteiger partial charge in [-0.2, -0.15) is 0 Å². The second kappa shape index (κ2) is 15.8. The summed E-state index contributed by atoms with van der Waals surface area (Å²) in [5.41, 5.74) is 19.4. The fraction of sp³-hybridized carbons (Fsp3) is 0.0154. The number of benzene rings is 11. The molecule has 0 unspecified atom stereocenters. The molecule has 0 atom stereocenters. The smallest absolute Gasteiger partial charge is 0.135 e. The van der Waals surface area contributed by atoms with Crippen LogP contribution in [0.25, 0.3) is 77.2 Å². The van der Waals surface area contributed by atoms with Gasteiger partial charge in [0, 0.05) is 27.8 Å². The molecule has 0 spiro atoms. The van der Waals surface area contributed by atoms with E-state index in [9.17, 15) is 0 Å². The highest BCUT2D eigenvalue weighted by Gasteiger charge is 2.46. The molecule has 13 rings (SSSR count). The van der Waals surface area contributed by atoms with Gasteiger partial charge in [-0.15, -0.1) is 0 Å². The van der Waals surface area contributed by atoms with Crippen molar-refractivity contribution in [1.82, 2.24) is 0 Å². The molecular weight excluding hydrogens is 811 g/mol. The van der Waals surface area contributed by atoms with Crippen molar-refractivity contribution in [3.8, 4) is 44.5 Å². The van der Waals surface area contributed by atoms with E-state index < -0.39 is 5.41 Å². The molecule has 0 radical (unpaired) electrons. The van der Waals surface area contributed by atoms with E-state index in [-0.39, 0.29) is 0 Å². The summed E-state index contributed by atoms with van der Waals surface area (Å²) in [4.78, 5) is 2.36. The predicted octanol–water partition coefficient (Wildman–Crippen LogP) is 17.6. The number of anilines is 3. The summed E-state index contributed by atoms with van der Waals surface area (Å²) in [6.07, 6.45) is 0. The molecule has 0 amide bonds. The normalized spacial score (nSPS) is 12.6. The minimum Gasteiger partial charge on any atom is -0.456 e. The fourth-order valence-corrected chi connectivity index (χ4v) is 10.9. The highest BCUT2D eigenvalue weighted by Crippen LogP contribution is 2.58. The van der Waals surface area contributed by atoms with Crippen molar-refractivity contribution < 1.29 is 4.42 Å². The lowest BCUT2D eigenvalue weighted by Crippen LogP contribution is -2.28. The topological polar surface area (TPSA) is 16.4 Å². The van der Waals surface area contributed by atoms with Crippen LogP contribution in [0.5, 0.6) is 0 Å². The molecule has 0 saturated carbocycles. The van der Waals surface area contributed by atoms with Crippen LogP contribution in [0.4, 0.5) is 17.1 Å².